The molecule has 1 aromatic heterocycles. The Morgan fingerprint density at radius 3 is 2.48 bits per heavy atom. The van der Waals surface area contributed by atoms with Crippen molar-refractivity contribution in [3.8, 4) is 11.3 Å². The van der Waals surface area contributed by atoms with E-state index in [0.29, 0.717) is 6.04 Å². The summed E-state index contributed by atoms with van der Waals surface area (Å²) in [6.45, 7) is 9.35. The fraction of sp³-hybridized carbons (Fsp3) is 0.391. The van der Waals surface area contributed by atoms with E-state index in [4.69, 9.17) is 0 Å². The summed E-state index contributed by atoms with van der Waals surface area (Å²) in [6, 6.07) is 16.3. The van der Waals surface area contributed by atoms with Gasteiger partial charge >= 0.3 is 0 Å². The third kappa shape index (κ3) is 3.02. The van der Waals surface area contributed by atoms with Crippen LogP contribution in [0.1, 0.15) is 13.8 Å². The number of hydrogen-bond donors (Lipinski definition) is 1. The average molecular weight is 363 g/mol. The lowest BCUT2D eigenvalue weighted by Gasteiger charge is -2.25. The topological polar surface area (TPSA) is 22.3 Å². The molecule has 2 fully saturated rings. The molecular weight excluding hydrogens is 337 g/mol. The van der Waals surface area contributed by atoms with Gasteiger partial charge in [-0.25, -0.2) is 4.39 Å². The van der Waals surface area contributed by atoms with Crippen LogP contribution in [-0.2, 0) is 0 Å². The van der Waals surface area contributed by atoms with Gasteiger partial charge in [-0.1, -0.05) is 12.1 Å². The molecule has 2 aliphatic heterocycles. The highest BCUT2D eigenvalue weighted by Gasteiger charge is 2.40. The zero-order valence-electron chi connectivity index (χ0n) is 16.0. The molecule has 3 aromatic rings. The molecule has 0 radical (unpaired) electrons. The maximum Gasteiger partial charge on any atom is 0.123 e. The van der Waals surface area contributed by atoms with E-state index in [2.05, 4.69) is 52.9 Å². The Labute approximate surface area is 159 Å². The number of nitrogens with one attached hydrogen (secondary N) is 1. The van der Waals surface area contributed by atoms with Crippen LogP contribution >= 0.6 is 0 Å². The molecule has 2 unspecified atom stereocenters. The molecule has 0 saturated carbocycles. The lowest BCUT2D eigenvalue weighted by Crippen LogP contribution is -2.33. The first-order valence-corrected chi connectivity index (χ1v) is 9.94. The Morgan fingerprint density at radius 1 is 0.963 bits per heavy atom. The third-order valence-electron chi connectivity index (χ3n) is 6.35. The maximum absolute atomic E-state index is 13.5. The fourth-order valence-electron chi connectivity index (χ4n) is 4.79. The van der Waals surface area contributed by atoms with Gasteiger partial charge in [-0.15, -0.1) is 0 Å². The Balaban J connectivity index is 1.38. The van der Waals surface area contributed by atoms with Crippen LogP contribution in [0, 0.1) is 17.7 Å². The molecule has 0 amide bonds. The minimum atomic E-state index is -0.194. The van der Waals surface area contributed by atoms with E-state index in [1.54, 1.807) is 12.1 Å². The molecule has 0 bridgehead atoms. The van der Waals surface area contributed by atoms with Crippen molar-refractivity contribution in [2.24, 2.45) is 11.8 Å². The number of rotatable bonds is 3. The maximum atomic E-state index is 13.5. The van der Waals surface area contributed by atoms with Crippen molar-refractivity contribution in [2.45, 2.75) is 19.9 Å². The van der Waals surface area contributed by atoms with Crippen LogP contribution in [0.15, 0.2) is 48.5 Å². The first-order chi connectivity index (χ1) is 13.1. The molecule has 3 nitrogen and oxygen atoms in total. The molecule has 3 heterocycles. The molecule has 27 heavy (non-hydrogen) atoms. The molecule has 1 N–H and O–H groups in total. The molecule has 0 spiro atoms. The van der Waals surface area contributed by atoms with Gasteiger partial charge in [0.1, 0.15) is 5.82 Å². The van der Waals surface area contributed by atoms with Crippen LogP contribution in [0.25, 0.3) is 22.2 Å². The fourth-order valence-corrected chi connectivity index (χ4v) is 4.79. The van der Waals surface area contributed by atoms with E-state index in [9.17, 15) is 4.39 Å². The van der Waals surface area contributed by atoms with Crippen LogP contribution in [-0.4, -0.2) is 42.1 Å². The summed E-state index contributed by atoms with van der Waals surface area (Å²) in [5, 5.41) is 0.917. The van der Waals surface area contributed by atoms with Gasteiger partial charge in [-0.2, -0.15) is 0 Å². The second kappa shape index (κ2) is 6.38. The number of anilines is 1. The molecule has 2 saturated heterocycles. The average Bonchev–Trinajstić information content (AvgIpc) is 3.33. The van der Waals surface area contributed by atoms with Gasteiger partial charge in [0.25, 0.3) is 0 Å². The minimum Gasteiger partial charge on any atom is -0.371 e. The first-order valence-electron chi connectivity index (χ1n) is 9.94. The quantitative estimate of drug-likeness (QED) is 0.725. The van der Waals surface area contributed by atoms with E-state index in [-0.39, 0.29) is 5.82 Å². The van der Waals surface area contributed by atoms with Crippen molar-refractivity contribution in [2.75, 3.05) is 31.1 Å². The normalized spacial score (nSPS) is 22.9. The van der Waals surface area contributed by atoms with Crippen LogP contribution in [0.4, 0.5) is 10.1 Å². The number of fused-ring (bicyclic) bond motifs is 2. The molecule has 5 rings (SSSR count). The van der Waals surface area contributed by atoms with Gasteiger partial charge in [0.15, 0.2) is 0 Å². The Bertz CT molecular complexity index is 963. The highest BCUT2D eigenvalue weighted by Crippen LogP contribution is 2.36. The largest absolute Gasteiger partial charge is 0.371 e. The van der Waals surface area contributed by atoms with Gasteiger partial charge in [0.05, 0.1) is 0 Å². The number of likely N-dealkylation sites (tertiary alicyclic amines) is 1. The Hall–Kier alpha value is -2.33. The van der Waals surface area contributed by atoms with Gasteiger partial charge in [-0.3, -0.25) is 0 Å². The van der Waals surface area contributed by atoms with Crippen LogP contribution in [0.3, 0.4) is 0 Å². The summed E-state index contributed by atoms with van der Waals surface area (Å²) >= 11 is 0. The Morgan fingerprint density at radius 2 is 1.74 bits per heavy atom. The molecular formula is C23H26FN3. The van der Waals surface area contributed by atoms with Gasteiger partial charge in [0, 0.05) is 54.5 Å². The van der Waals surface area contributed by atoms with Crippen molar-refractivity contribution in [3.05, 3.63) is 54.3 Å². The lowest BCUT2D eigenvalue weighted by atomic mass is 10.0. The molecule has 4 heteroatoms. The second-order valence-electron chi connectivity index (χ2n) is 8.44. The standard InChI is InChI=1S/C23H26FN3/c1-15(2)26-11-18-13-27(14-19(18)12-26)21-5-3-4-16(9-21)23-10-17-8-20(24)6-7-22(17)25-23/h3-10,15,18-19,25H,11-14H2,1-2H3. The highest BCUT2D eigenvalue weighted by molar-refractivity contribution is 5.86. The summed E-state index contributed by atoms with van der Waals surface area (Å²) in [7, 11) is 0. The van der Waals surface area contributed by atoms with Crippen LogP contribution < -0.4 is 4.90 Å². The molecule has 2 aromatic carbocycles. The summed E-state index contributed by atoms with van der Waals surface area (Å²) in [4.78, 5) is 8.58. The minimum absolute atomic E-state index is 0.194. The predicted octanol–water partition coefficient (Wildman–Crippen LogP) is 4.75. The van der Waals surface area contributed by atoms with E-state index < -0.39 is 0 Å². The van der Waals surface area contributed by atoms with Crippen molar-refractivity contribution in [1.29, 1.82) is 0 Å². The zero-order chi connectivity index (χ0) is 18.5. The number of H-pyrrole nitrogens is 1. The first kappa shape index (κ1) is 16.8. The third-order valence-corrected chi connectivity index (χ3v) is 6.35. The lowest BCUT2D eigenvalue weighted by molar-refractivity contribution is 0.258. The molecule has 2 atom stereocenters. The number of nitrogens with zero attached hydrogens (tertiary/aromatic N) is 2. The number of benzene rings is 2. The number of halogens is 1. The highest BCUT2D eigenvalue weighted by atomic mass is 19.1. The van der Waals surface area contributed by atoms with E-state index in [1.165, 1.54) is 24.8 Å². The predicted molar refractivity (Wildman–Crippen MR) is 110 cm³/mol. The zero-order valence-corrected chi connectivity index (χ0v) is 16.0. The Kier molecular flexibility index (Phi) is 3.97. The monoisotopic (exact) mass is 363 g/mol. The van der Waals surface area contributed by atoms with Crippen molar-refractivity contribution in [1.82, 2.24) is 9.88 Å². The summed E-state index contributed by atoms with van der Waals surface area (Å²) in [5.41, 5.74) is 4.47. The number of aromatic nitrogens is 1. The van der Waals surface area contributed by atoms with Crippen LogP contribution in [0.5, 0.6) is 0 Å². The van der Waals surface area contributed by atoms with Crippen molar-refractivity contribution in [3.63, 3.8) is 0 Å². The van der Waals surface area contributed by atoms with Gasteiger partial charge in [-0.05, 0) is 67.6 Å². The van der Waals surface area contributed by atoms with E-state index >= 15 is 0 Å². The van der Waals surface area contributed by atoms with E-state index in [1.807, 2.05) is 6.07 Å². The van der Waals surface area contributed by atoms with Crippen LogP contribution in [0.2, 0.25) is 0 Å². The smallest absolute Gasteiger partial charge is 0.123 e. The summed E-state index contributed by atoms with van der Waals surface area (Å²) < 4.78 is 13.5. The number of hydrogen-bond acceptors (Lipinski definition) is 2. The SMILES string of the molecule is CC(C)N1CC2CN(c3cccc(-c4cc5cc(F)ccc5[nH]4)c3)CC2C1. The second-order valence-corrected chi connectivity index (χ2v) is 8.44. The molecule has 2 aliphatic rings. The van der Waals surface area contributed by atoms with Gasteiger partial charge < -0.3 is 14.8 Å². The van der Waals surface area contributed by atoms with Crippen molar-refractivity contribution >= 4 is 16.6 Å². The molecule has 140 valence electrons. The molecule has 0 aliphatic carbocycles. The summed E-state index contributed by atoms with van der Waals surface area (Å²) in [6.07, 6.45) is 0. The summed E-state index contributed by atoms with van der Waals surface area (Å²) in [5.74, 6) is 1.38. The van der Waals surface area contributed by atoms with E-state index in [0.717, 1.165) is 47.1 Å². The van der Waals surface area contributed by atoms with Crippen molar-refractivity contribution < 1.29 is 4.39 Å². The van der Waals surface area contributed by atoms with Gasteiger partial charge in [0.2, 0.25) is 0 Å². The number of aromatic amines is 1.